The van der Waals surface area contributed by atoms with Gasteiger partial charge in [0.15, 0.2) is 17.3 Å². The predicted octanol–water partition coefficient (Wildman–Crippen LogP) is 3.93. The first-order valence-electron chi connectivity index (χ1n) is 7.10. The van der Waals surface area contributed by atoms with Crippen LogP contribution in [-0.4, -0.2) is 17.6 Å². The normalized spacial score (nSPS) is 13.1. The number of rotatable bonds is 3. The van der Waals surface area contributed by atoms with Crippen LogP contribution < -0.4 is 9.47 Å². The van der Waals surface area contributed by atoms with Crippen molar-refractivity contribution in [2.75, 3.05) is 6.79 Å². The number of carbonyl (C=O) groups is 1. The summed E-state index contributed by atoms with van der Waals surface area (Å²) >= 11 is 0. The summed E-state index contributed by atoms with van der Waals surface area (Å²) in [7, 11) is 0. The summed E-state index contributed by atoms with van der Waals surface area (Å²) in [4.78, 5) is 15.3. The number of aromatic amines is 1. The second-order valence-corrected chi connectivity index (χ2v) is 5.17. The lowest BCUT2D eigenvalue weighted by Gasteiger charge is -2.00. The summed E-state index contributed by atoms with van der Waals surface area (Å²) in [5.41, 5.74) is 1.87. The SMILES string of the molecule is O=C(C=Cc1cccc2c1OCO2)c1c[nH]c2cc(F)ccc12. The Morgan fingerprint density at radius 1 is 1.22 bits per heavy atom. The number of nitrogens with one attached hydrogen (secondary N) is 1. The average Bonchev–Trinajstić information content (AvgIpc) is 3.18. The van der Waals surface area contributed by atoms with Gasteiger partial charge in [0.1, 0.15) is 5.82 Å². The van der Waals surface area contributed by atoms with Gasteiger partial charge in [-0.15, -0.1) is 0 Å². The summed E-state index contributed by atoms with van der Waals surface area (Å²) < 4.78 is 23.9. The summed E-state index contributed by atoms with van der Waals surface area (Å²) in [5.74, 6) is 0.796. The van der Waals surface area contributed by atoms with Crippen molar-refractivity contribution < 1.29 is 18.7 Å². The number of ether oxygens (including phenoxy) is 2. The fourth-order valence-electron chi connectivity index (χ4n) is 2.64. The van der Waals surface area contributed by atoms with Gasteiger partial charge >= 0.3 is 0 Å². The molecule has 0 bridgehead atoms. The molecule has 2 heterocycles. The number of carbonyl (C=O) groups excluding carboxylic acids is 1. The van der Waals surface area contributed by atoms with Crippen LogP contribution in [0.5, 0.6) is 11.5 Å². The molecular weight excluding hydrogens is 297 g/mol. The van der Waals surface area contributed by atoms with E-state index in [4.69, 9.17) is 9.47 Å². The van der Waals surface area contributed by atoms with Gasteiger partial charge in [0.25, 0.3) is 0 Å². The van der Waals surface area contributed by atoms with Crippen molar-refractivity contribution in [1.29, 1.82) is 0 Å². The predicted molar refractivity (Wildman–Crippen MR) is 84.2 cm³/mol. The van der Waals surface area contributed by atoms with Gasteiger partial charge in [0, 0.05) is 28.2 Å². The number of para-hydroxylation sites is 1. The van der Waals surface area contributed by atoms with E-state index in [0.29, 0.717) is 28.0 Å². The van der Waals surface area contributed by atoms with Gasteiger partial charge in [-0.1, -0.05) is 12.1 Å². The molecule has 2 aromatic carbocycles. The smallest absolute Gasteiger partial charge is 0.231 e. The van der Waals surface area contributed by atoms with Gasteiger partial charge < -0.3 is 14.5 Å². The first-order valence-corrected chi connectivity index (χ1v) is 7.10. The Morgan fingerprint density at radius 2 is 2.13 bits per heavy atom. The van der Waals surface area contributed by atoms with Crippen LogP contribution in [0, 0.1) is 5.82 Å². The number of aromatic nitrogens is 1. The number of H-pyrrole nitrogens is 1. The maximum Gasteiger partial charge on any atom is 0.231 e. The molecule has 0 radical (unpaired) electrons. The number of benzene rings is 2. The van der Waals surface area contributed by atoms with Gasteiger partial charge in [-0.25, -0.2) is 4.39 Å². The van der Waals surface area contributed by atoms with Crippen molar-refractivity contribution in [3.05, 3.63) is 65.6 Å². The van der Waals surface area contributed by atoms with Crippen LogP contribution in [0.1, 0.15) is 15.9 Å². The molecule has 0 spiro atoms. The van der Waals surface area contributed by atoms with E-state index >= 15 is 0 Å². The minimum Gasteiger partial charge on any atom is -0.454 e. The van der Waals surface area contributed by atoms with E-state index in [-0.39, 0.29) is 18.4 Å². The molecule has 0 saturated carbocycles. The molecule has 1 N–H and O–H groups in total. The molecule has 5 heteroatoms. The number of ketones is 1. The third kappa shape index (κ3) is 2.36. The Bertz CT molecular complexity index is 943. The maximum atomic E-state index is 13.2. The minimum absolute atomic E-state index is 0.167. The zero-order valence-corrected chi connectivity index (χ0v) is 12.0. The molecule has 0 atom stereocenters. The highest BCUT2D eigenvalue weighted by atomic mass is 19.1. The minimum atomic E-state index is -0.342. The number of fused-ring (bicyclic) bond motifs is 2. The van der Waals surface area contributed by atoms with E-state index in [1.165, 1.54) is 18.2 Å². The molecule has 3 aromatic rings. The zero-order valence-electron chi connectivity index (χ0n) is 12.0. The van der Waals surface area contributed by atoms with E-state index in [1.54, 1.807) is 18.3 Å². The van der Waals surface area contributed by atoms with Crippen LogP contribution in [0.25, 0.3) is 17.0 Å². The average molecular weight is 309 g/mol. The molecule has 1 aromatic heterocycles. The van der Waals surface area contributed by atoms with E-state index in [9.17, 15) is 9.18 Å². The molecule has 1 aliphatic rings. The Balaban J connectivity index is 1.66. The summed E-state index contributed by atoms with van der Waals surface area (Å²) in [6.45, 7) is 0.183. The van der Waals surface area contributed by atoms with Crippen LogP contribution in [0.2, 0.25) is 0 Å². The number of hydrogen-bond donors (Lipinski definition) is 1. The van der Waals surface area contributed by atoms with Crippen LogP contribution in [0.3, 0.4) is 0 Å². The molecule has 0 aliphatic carbocycles. The van der Waals surface area contributed by atoms with Gasteiger partial charge in [-0.3, -0.25) is 4.79 Å². The standard InChI is InChI=1S/C18H12FNO3/c19-12-5-6-13-14(9-20-15(13)8-12)16(21)7-4-11-2-1-3-17-18(11)23-10-22-17/h1-9,20H,10H2. The highest BCUT2D eigenvalue weighted by Crippen LogP contribution is 2.36. The molecule has 23 heavy (non-hydrogen) atoms. The first kappa shape index (κ1) is 13.6. The largest absolute Gasteiger partial charge is 0.454 e. The number of halogens is 1. The Morgan fingerprint density at radius 3 is 3.04 bits per heavy atom. The summed E-state index contributed by atoms with van der Waals surface area (Å²) in [6, 6.07) is 9.81. The maximum absolute atomic E-state index is 13.2. The third-order valence-electron chi connectivity index (χ3n) is 3.75. The van der Waals surface area contributed by atoms with Crippen LogP contribution in [0.4, 0.5) is 4.39 Å². The molecule has 1 aliphatic heterocycles. The topological polar surface area (TPSA) is 51.3 Å². The monoisotopic (exact) mass is 309 g/mol. The molecular formula is C18H12FNO3. The number of hydrogen-bond acceptors (Lipinski definition) is 3. The van der Waals surface area contributed by atoms with Gasteiger partial charge in [0.05, 0.1) is 0 Å². The molecule has 0 unspecified atom stereocenters. The lowest BCUT2D eigenvalue weighted by atomic mass is 10.1. The Kier molecular flexibility index (Phi) is 3.12. The second kappa shape index (κ2) is 5.28. The fourth-order valence-corrected chi connectivity index (χ4v) is 2.64. The van der Waals surface area contributed by atoms with Gasteiger partial charge in [-0.05, 0) is 36.4 Å². The zero-order chi connectivity index (χ0) is 15.8. The number of allylic oxidation sites excluding steroid dienone is 1. The Hall–Kier alpha value is -3.08. The molecule has 0 fully saturated rings. The lowest BCUT2D eigenvalue weighted by Crippen LogP contribution is -1.94. The Labute approximate surface area is 131 Å². The van der Waals surface area contributed by atoms with Crippen molar-refractivity contribution in [3.63, 3.8) is 0 Å². The molecule has 114 valence electrons. The molecule has 4 rings (SSSR count). The summed E-state index contributed by atoms with van der Waals surface area (Å²) in [5, 5.41) is 0.693. The highest BCUT2D eigenvalue weighted by molar-refractivity contribution is 6.14. The third-order valence-corrected chi connectivity index (χ3v) is 3.75. The second-order valence-electron chi connectivity index (χ2n) is 5.17. The lowest BCUT2D eigenvalue weighted by molar-refractivity contribution is 0.104. The molecule has 0 amide bonds. The van der Waals surface area contributed by atoms with Crippen molar-refractivity contribution in [2.45, 2.75) is 0 Å². The van der Waals surface area contributed by atoms with Gasteiger partial charge in [0.2, 0.25) is 6.79 Å². The highest BCUT2D eigenvalue weighted by Gasteiger charge is 2.16. The van der Waals surface area contributed by atoms with Crippen molar-refractivity contribution >= 4 is 22.8 Å². The molecule has 4 nitrogen and oxygen atoms in total. The van der Waals surface area contributed by atoms with E-state index in [0.717, 1.165) is 5.56 Å². The fraction of sp³-hybridized carbons (Fsp3) is 0.0556. The van der Waals surface area contributed by atoms with Crippen molar-refractivity contribution in [3.8, 4) is 11.5 Å². The van der Waals surface area contributed by atoms with Crippen LogP contribution >= 0.6 is 0 Å². The van der Waals surface area contributed by atoms with E-state index < -0.39 is 0 Å². The van der Waals surface area contributed by atoms with Crippen LogP contribution in [-0.2, 0) is 0 Å². The summed E-state index contributed by atoms with van der Waals surface area (Å²) in [6.07, 6.45) is 4.76. The van der Waals surface area contributed by atoms with Crippen molar-refractivity contribution in [2.24, 2.45) is 0 Å². The quantitative estimate of drug-likeness (QED) is 0.589. The van der Waals surface area contributed by atoms with Crippen molar-refractivity contribution in [1.82, 2.24) is 4.98 Å². The van der Waals surface area contributed by atoms with Crippen LogP contribution in [0.15, 0.2) is 48.7 Å². The molecule has 0 saturated heterocycles. The van der Waals surface area contributed by atoms with Gasteiger partial charge in [-0.2, -0.15) is 0 Å². The first-order chi connectivity index (χ1) is 11.2. The van der Waals surface area contributed by atoms with E-state index in [2.05, 4.69) is 4.98 Å². The van der Waals surface area contributed by atoms with E-state index in [1.807, 2.05) is 18.2 Å².